The molecule has 0 saturated carbocycles. The molecule has 0 radical (unpaired) electrons. The molecule has 1 amide bonds. The van der Waals surface area contributed by atoms with E-state index in [2.05, 4.69) is 16.7 Å². The van der Waals surface area contributed by atoms with Gasteiger partial charge in [-0.05, 0) is 24.8 Å². The van der Waals surface area contributed by atoms with Crippen LogP contribution in [-0.2, 0) is 11.3 Å². The summed E-state index contributed by atoms with van der Waals surface area (Å²) in [4.78, 5) is 18.9. The minimum absolute atomic E-state index is 0.130. The van der Waals surface area contributed by atoms with E-state index in [1.165, 1.54) is 6.07 Å². The molecule has 0 aromatic heterocycles. The highest BCUT2D eigenvalue weighted by molar-refractivity contribution is 5.78. The molecule has 0 aliphatic carbocycles. The fraction of sp³-hybridized carbons (Fsp3) is 0.632. The summed E-state index contributed by atoms with van der Waals surface area (Å²) in [5.41, 5.74) is 0.754. The van der Waals surface area contributed by atoms with E-state index in [9.17, 15) is 9.18 Å². The minimum atomic E-state index is -0.130. The minimum Gasteiger partial charge on any atom is -0.342 e. The maximum atomic E-state index is 13.7. The third-order valence-electron chi connectivity index (χ3n) is 5.31. The largest absolute Gasteiger partial charge is 0.342 e. The lowest BCUT2D eigenvalue weighted by atomic mass is 9.99. The number of amides is 1. The van der Waals surface area contributed by atoms with Gasteiger partial charge in [0.2, 0.25) is 5.91 Å². The van der Waals surface area contributed by atoms with Crippen molar-refractivity contribution < 1.29 is 9.18 Å². The van der Waals surface area contributed by atoms with Crippen LogP contribution >= 0.6 is 0 Å². The number of piperidine rings is 1. The van der Waals surface area contributed by atoms with Gasteiger partial charge in [0.1, 0.15) is 5.82 Å². The number of nitrogens with zero attached hydrogens (tertiary/aromatic N) is 3. The molecule has 3 rings (SSSR count). The molecule has 0 unspecified atom stereocenters. The first-order chi connectivity index (χ1) is 11.6. The van der Waals surface area contributed by atoms with Gasteiger partial charge in [-0.2, -0.15) is 0 Å². The van der Waals surface area contributed by atoms with Gasteiger partial charge in [0.15, 0.2) is 0 Å². The standard InChI is InChI=1S/C19H28FN3O/c1-16-6-8-23(9-7-16)19(24)15-22-12-10-21(11-13-22)14-17-4-2-3-5-18(17)20/h2-5,16H,6-15H2,1H3. The first-order valence-electron chi connectivity index (χ1n) is 9.07. The summed E-state index contributed by atoms with van der Waals surface area (Å²) in [5, 5.41) is 0. The fourth-order valence-electron chi connectivity index (χ4n) is 3.52. The summed E-state index contributed by atoms with van der Waals surface area (Å²) < 4.78 is 13.7. The zero-order valence-corrected chi connectivity index (χ0v) is 14.6. The Kier molecular flexibility index (Phi) is 5.85. The molecule has 2 aliphatic rings. The Balaban J connectivity index is 1.42. The summed E-state index contributed by atoms with van der Waals surface area (Å²) in [6, 6.07) is 6.98. The van der Waals surface area contributed by atoms with Crippen LogP contribution in [0.15, 0.2) is 24.3 Å². The van der Waals surface area contributed by atoms with E-state index in [4.69, 9.17) is 0 Å². The van der Waals surface area contributed by atoms with Gasteiger partial charge in [0, 0.05) is 51.4 Å². The zero-order chi connectivity index (χ0) is 16.9. The Morgan fingerprint density at radius 3 is 2.33 bits per heavy atom. The molecule has 1 aromatic carbocycles. The lowest BCUT2D eigenvalue weighted by molar-refractivity contribution is -0.134. The molecule has 2 fully saturated rings. The van der Waals surface area contributed by atoms with Crippen molar-refractivity contribution in [3.8, 4) is 0 Å². The maximum absolute atomic E-state index is 13.7. The second-order valence-electron chi connectivity index (χ2n) is 7.21. The molecular weight excluding hydrogens is 305 g/mol. The highest BCUT2D eigenvalue weighted by atomic mass is 19.1. The van der Waals surface area contributed by atoms with E-state index >= 15 is 0 Å². The Morgan fingerprint density at radius 2 is 1.67 bits per heavy atom. The number of hydrogen-bond acceptors (Lipinski definition) is 3. The second kappa shape index (κ2) is 8.08. The number of halogens is 1. The molecule has 4 nitrogen and oxygen atoms in total. The Bertz CT molecular complexity index is 549. The quantitative estimate of drug-likeness (QED) is 0.845. The van der Waals surface area contributed by atoms with Crippen molar-refractivity contribution in [2.75, 3.05) is 45.8 Å². The molecule has 0 bridgehead atoms. The Morgan fingerprint density at radius 1 is 1.04 bits per heavy atom. The third-order valence-corrected chi connectivity index (χ3v) is 5.31. The van der Waals surface area contributed by atoms with Crippen LogP contribution in [-0.4, -0.2) is 66.4 Å². The molecule has 2 aliphatic heterocycles. The van der Waals surface area contributed by atoms with Crippen LogP contribution in [0.2, 0.25) is 0 Å². The van der Waals surface area contributed by atoms with Crippen molar-refractivity contribution >= 4 is 5.91 Å². The van der Waals surface area contributed by atoms with E-state index in [0.717, 1.165) is 63.6 Å². The lowest BCUT2D eigenvalue weighted by Gasteiger charge is -2.36. The van der Waals surface area contributed by atoms with Crippen molar-refractivity contribution in [2.24, 2.45) is 5.92 Å². The predicted molar refractivity (Wildman–Crippen MR) is 93.1 cm³/mol. The monoisotopic (exact) mass is 333 g/mol. The van der Waals surface area contributed by atoms with E-state index in [-0.39, 0.29) is 11.7 Å². The maximum Gasteiger partial charge on any atom is 0.236 e. The molecule has 0 N–H and O–H groups in total. The summed E-state index contributed by atoms with van der Waals surface area (Å²) in [7, 11) is 0. The summed E-state index contributed by atoms with van der Waals surface area (Å²) >= 11 is 0. The average molecular weight is 333 g/mol. The van der Waals surface area contributed by atoms with Crippen molar-refractivity contribution in [1.29, 1.82) is 0 Å². The number of hydrogen-bond donors (Lipinski definition) is 0. The predicted octanol–water partition coefficient (Wildman–Crippen LogP) is 2.20. The van der Waals surface area contributed by atoms with E-state index in [0.29, 0.717) is 13.1 Å². The lowest BCUT2D eigenvalue weighted by Crippen LogP contribution is -2.50. The third kappa shape index (κ3) is 4.54. The summed E-state index contributed by atoms with van der Waals surface area (Å²) in [5.74, 6) is 0.884. The van der Waals surface area contributed by atoms with Crippen molar-refractivity contribution in [2.45, 2.75) is 26.3 Å². The smallest absolute Gasteiger partial charge is 0.236 e. The molecule has 0 atom stereocenters. The molecule has 5 heteroatoms. The van der Waals surface area contributed by atoms with Crippen molar-refractivity contribution in [3.63, 3.8) is 0 Å². The van der Waals surface area contributed by atoms with Crippen LogP contribution < -0.4 is 0 Å². The van der Waals surface area contributed by atoms with E-state index in [1.807, 2.05) is 17.0 Å². The van der Waals surface area contributed by atoms with Crippen molar-refractivity contribution in [3.05, 3.63) is 35.6 Å². The Hall–Kier alpha value is -1.46. The van der Waals surface area contributed by atoms with E-state index < -0.39 is 0 Å². The van der Waals surface area contributed by atoms with Crippen LogP contribution in [0, 0.1) is 11.7 Å². The van der Waals surface area contributed by atoms with Crippen LogP contribution in [0.25, 0.3) is 0 Å². The summed E-state index contributed by atoms with van der Waals surface area (Å²) in [6.45, 7) is 8.80. The SMILES string of the molecule is CC1CCN(C(=O)CN2CCN(Cc3ccccc3F)CC2)CC1. The first kappa shape index (κ1) is 17.4. The number of carbonyl (C=O) groups is 1. The molecule has 24 heavy (non-hydrogen) atoms. The molecule has 2 saturated heterocycles. The van der Waals surface area contributed by atoms with Gasteiger partial charge in [0.25, 0.3) is 0 Å². The molecule has 1 aromatic rings. The van der Waals surface area contributed by atoms with Crippen LogP contribution in [0.4, 0.5) is 4.39 Å². The average Bonchev–Trinajstić information content (AvgIpc) is 2.59. The first-order valence-corrected chi connectivity index (χ1v) is 9.07. The van der Waals surface area contributed by atoms with Crippen LogP contribution in [0.5, 0.6) is 0 Å². The number of likely N-dealkylation sites (tertiary alicyclic amines) is 1. The number of rotatable bonds is 4. The molecular formula is C19H28FN3O. The van der Waals surface area contributed by atoms with Crippen LogP contribution in [0.3, 0.4) is 0 Å². The molecule has 0 spiro atoms. The van der Waals surface area contributed by atoms with Gasteiger partial charge in [-0.25, -0.2) is 4.39 Å². The number of benzene rings is 1. The number of piperazine rings is 1. The second-order valence-corrected chi connectivity index (χ2v) is 7.21. The van der Waals surface area contributed by atoms with Gasteiger partial charge in [-0.1, -0.05) is 25.1 Å². The van der Waals surface area contributed by atoms with Gasteiger partial charge in [-0.15, -0.1) is 0 Å². The normalized spacial score (nSPS) is 21.2. The van der Waals surface area contributed by atoms with Gasteiger partial charge < -0.3 is 4.90 Å². The number of carbonyl (C=O) groups excluding carboxylic acids is 1. The van der Waals surface area contributed by atoms with Crippen molar-refractivity contribution in [1.82, 2.24) is 14.7 Å². The zero-order valence-electron chi connectivity index (χ0n) is 14.6. The molecule has 2 heterocycles. The van der Waals surface area contributed by atoms with Gasteiger partial charge in [0.05, 0.1) is 6.54 Å². The van der Waals surface area contributed by atoms with Gasteiger partial charge in [-0.3, -0.25) is 14.6 Å². The highest BCUT2D eigenvalue weighted by Crippen LogP contribution is 2.17. The topological polar surface area (TPSA) is 26.8 Å². The molecule has 132 valence electrons. The van der Waals surface area contributed by atoms with E-state index in [1.54, 1.807) is 6.07 Å². The highest BCUT2D eigenvalue weighted by Gasteiger charge is 2.24. The van der Waals surface area contributed by atoms with Gasteiger partial charge >= 0.3 is 0 Å². The Labute approximate surface area is 144 Å². The fourth-order valence-corrected chi connectivity index (χ4v) is 3.52. The summed E-state index contributed by atoms with van der Waals surface area (Å²) in [6.07, 6.45) is 2.25. The van der Waals surface area contributed by atoms with Crippen LogP contribution in [0.1, 0.15) is 25.3 Å².